The highest BCUT2D eigenvalue weighted by Crippen LogP contribution is 2.49. The number of carbonyl (C=O) groups is 2. The van der Waals surface area contributed by atoms with Gasteiger partial charge >= 0.3 is 11.9 Å². The highest BCUT2D eigenvalue weighted by Gasteiger charge is 2.61. The number of ether oxygens (including phenoxy) is 3. The second-order valence-corrected chi connectivity index (χ2v) is 9.99. The minimum absolute atomic E-state index is 0.0699. The standard InChI is InChI=1S/C26H25BrO6/c1-15-20-10-5-16(4-3-11-26(2)23(33-26)22(20)32-24(15)28)13-31-25(29)18-12-21(30-14-18)17-6-8-19(27)9-7-17/h4,6-9,12,14,20,22-23H,1,3,5,10-11,13H2,2H3/t20-,22-,23+,26+/m0/s1. The number of epoxide rings is 1. The van der Waals surface area contributed by atoms with E-state index in [2.05, 4.69) is 35.5 Å². The fourth-order valence-electron chi connectivity index (χ4n) is 4.70. The zero-order valence-electron chi connectivity index (χ0n) is 18.3. The van der Waals surface area contributed by atoms with E-state index in [4.69, 9.17) is 18.6 Å². The highest BCUT2D eigenvalue weighted by atomic mass is 79.9. The second kappa shape index (κ2) is 8.61. The molecule has 2 aliphatic heterocycles. The molecular weight excluding hydrogens is 488 g/mol. The van der Waals surface area contributed by atoms with Gasteiger partial charge in [0.15, 0.2) is 0 Å². The van der Waals surface area contributed by atoms with Crippen LogP contribution < -0.4 is 0 Å². The maximum atomic E-state index is 12.6. The summed E-state index contributed by atoms with van der Waals surface area (Å²) in [6.07, 6.45) is 6.23. The van der Waals surface area contributed by atoms with Crippen LogP contribution in [0.3, 0.4) is 0 Å². The van der Waals surface area contributed by atoms with Gasteiger partial charge in [-0.05, 0) is 56.4 Å². The number of benzene rings is 1. The first-order valence-electron chi connectivity index (χ1n) is 11.1. The van der Waals surface area contributed by atoms with Gasteiger partial charge in [0.25, 0.3) is 0 Å². The van der Waals surface area contributed by atoms with Crippen molar-refractivity contribution in [3.05, 3.63) is 70.4 Å². The maximum Gasteiger partial charge on any atom is 0.341 e. The molecule has 3 aliphatic rings. The lowest BCUT2D eigenvalue weighted by atomic mass is 9.84. The van der Waals surface area contributed by atoms with Crippen molar-refractivity contribution in [2.24, 2.45) is 5.92 Å². The lowest BCUT2D eigenvalue weighted by Gasteiger charge is -2.20. The van der Waals surface area contributed by atoms with Crippen LogP contribution in [0.2, 0.25) is 0 Å². The smallest absolute Gasteiger partial charge is 0.341 e. The molecule has 2 fully saturated rings. The lowest BCUT2D eigenvalue weighted by Crippen LogP contribution is -2.29. The molecule has 5 rings (SSSR count). The zero-order chi connectivity index (χ0) is 23.2. The first-order chi connectivity index (χ1) is 15.8. The molecule has 4 atom stereocenters. The van der Waals surface area contributed by atoms with E-state index in [1.54, 1.807) is 6.07 Å². The third-order valence-electron chi connectivity index (χ3n) is 6.79. The number of hydrogen-bond donors (Lipinski definition) is 0. The van der Waals surface area contributed by atoms with Crippen LogP contribution >= 0.6 is 15.9 Å². The van der Waals surface area contributed by atoms with Crippen LogP contribution in [0, 0.1) is 5.92 Å². The summed E-state index contributed by atoms with van der Waals surface area (Å²) in [5.41, 5.74) is 2.49. The first kappa shape index (κ1) is 22.2. The topological polar surface area (TPSA) is 78.3 Å². The Labute approximate surface area is 200 Å². The third-order valence-corrected chi connectivity index (χ3v) is 7.32. The molecule has 0 unspecified atom stereocenters. The van der Waals surface area contributed by atoms with Crippen molar-refractivity contribution in [2.75, 3.05) is 6.61 Å². The van der Waals surface area contributed by atoms with Gasteiger partial charge in [-0.15, -0.1) is 0 Å². The van der Waals surface area contributed by atoms with Crippen molar-refractivity contribution in [1.82, 2.24) is 0 Å². The summed E-state index contributed by atoms with van der Waals surface area (Å²) in [6, 6.07) is 9.35. The van der Waals surface area contributed by atoms with Crippen LogP contribution in [0.4, 0.5) is 0 Å². The van der Waals surface area contributed by atoms with Gasteiger partial charge in [-0.25, -0.2) is 9.59 Å². The average molecular weight is 513 g/mol. The fraction of sp³-hybridized carbons (Fsp3) is 0.385. The van der Waals surface area contributed by atoms with Gasteiger partial charge in [-0.3, -0.25) is 0 Å². The Bertz CT molecular complexity index is 1130. The molecule has 1 aliphatic carbocycles. The van der Waals surface area contributed by atoms with E-state index in [0.717, 1.165) is 28.5 Å². The predicted octanol–water partition coefficient (Wildman–Crippen LogP) is 5.62. The fourth-order valence-corrected chi connectivity index (χ4v) is 4.97. The molecule has 33 heavy (non-hydrogen) atoms. The average Bonchev–Trinajstić information content (AvgIpc) is 3.11. The van der Waals surface area contributed by atoms with E-state index < -0.39 is 5.97 Å². The molecule has 2 saturated heterocycles. The van der Waals surface area contributed by atoms with Crippen molar-refractivity contribution in [3.63, 3.8) is 0 Å². The van der Waals surface area contributed by atoms with Crippen molar-refractivity contribution >= 4 is 27.9 Å². The number of halogens is 1. The Morgan fingerprint density at radius 3 is 2.88 bits per heavy atom. The van der Waals surface area contributed by atoms with Gasteiger partial charge in [0.1, 0.15) is 30.8 Å². The zero-order valence-corrected chi connectivity index (χ0v) is 19.9. The summed E-state index contributed by atoms with van der Waals surface area (Å²) in [5, 5.41) is 0. The van der Waals surface area contributed by atoms with E-state index in [1.807, 2.05) is 24.3 Å². The molecule has 172 valence electrons. The van der Waals surface area contributed by atoms with Crippen LogP contribution in [0.15, 0.2) is 69.3 Å². The molecule has 0 amide bonds. The van der Waals surface area contributed by atoms with E-state index >= 15 is 0 Å². The Morgan fingerprint density at radius 1 is 1.30 bits per heavy atom. The van der Waals surface area contributed by atoms with Crippen LogP contribution in [-0.2, 0) is 19.0 Å². The lowest BCUT2D eigenvalue weighted by molar-refractivity contribution is -0.140. The van der Waals surface area contributed by atoms with E-state index in [0.29, 0.717) is 29.7 Å². The van der Waals surface area contributed by atoms with Crippen molar-refractivity contribution in [3.8, 4) is 11.3 Å². The number of hydrogen-bond acceptors (Lipinski definition) is 6. The maximum absolute atomic E-state index is 12.6. The highest BCUT2D eigenvalue weighted by molar-refractivity contribution is 9.10. The molecule has 1 aromatic carbocycles. The van der Waals surface area contributed by atoms with Crippen LogP contribution in [0.1, 0.15) is 43.0 Å². The van der Waals surface area contributed by atoms with Gasteiger partial charge in [0.2, 0.25) is 0 Å². The molecule has 1 aromatic heterocycles. The molecule has 3 heterocycles. The van der Waals surface area contributed by atoms with Crippen LogP contribution in [0.25, 0.3) is 11.3 Å². The molecule has 6 nitrogen and oxygen atoms in total. The first-order valence-corrected chi connectivity index (χ1v) is 11.9. The molecule has 0 N–H and O–H groups in total. The van der Waals surface area contributed by atoms with Gasteiger partial charge < -0.3 is 18.6 Å². The van der Waals surface area contributed by atoms with Crippen LogP contribution in [0.5, 0.6) is 0 Å². The van der Waals surface area contributed by atoms with Gasteiger partial charge in [-0.1, -0.05) is 40.7 Å². The molecule has 0 radical (unpaired) electrons. The van der Waals surface area contributed by atoms with Crippen molar-refractivity contribution in [1.29, 1.82) is 0 Å². The quantitative estimate of drug-likeness (QED) is 0.229. The minimum atomic E-state index is -0.431. The Balaban J connectivity index is 1.24. The normalized spacial score (nSPS) is 28.9. The predicted molar refractivity (Wildman–Crippen MR) is 124 cm³/mol. The SMILES string of the molecule is C=C1C(=O)O[C@@H]2[C@H]3O[C@]3(C)CCC=C(COC(=O)c3coc(-c4ccc(Br)cc4)c3)CC[C@@H]12. The van der Waals surface area contributed by atoms with E-state index in [1.165, 1.54) is 6.26 Å². The number of carbonyl (C=O) groups excluding carboxylic acids is 2. The molecule has 0 saturated carbocycles. The summed E-state index contributed by atoms with van der Waals surface area (Å²) >= 11 is 3.41. The summed E-state index contributed by atoms with van der Waals surface area (Å²) in [6.45, 7) is 6.19. The molecule has 7 heteroatoms. The summed E-state index contributed by atoms with van der Waals surface area (Å²) in [5.74, 6) is -0.237. The second-order valence-electron chi connectivity index (χ2n) is 9.08. The summed E-state index contributed by atoms with van der Waals surface area (Å²) < 4.78 is 23.7. The number of furan rings is 1. The minimum Gasteiger partial charge on any atom is -0.463 e. The Kier molecular flexibility index (Phi) is 5.79. The molecule has 0 bridgehead atoms. The van der Waals surface area contributed by atoms with E-state index in [9.17, 15) is 9.59 Å². The number of fused-ring (bicyclic) bond motifs is 3. The van der Waals surface area contributed by atoms with Gasteiger partial charge in [-0.2, -0.15) is 0 Å². The van der Waals surface area contributed by atoms with Crippen molar-refractivity contribution in [2.45, 2.75) is 50.4 Å². The Morgan fingerprint density at radius 2 is 2.09 bits per heavy atom. The monoisotopic (exact) mass is 512 g/mol. The third kappa shape index (κ3) is 4.44. The van der Waals surface area contributed by atoms with Crippen LogP contribution in [-0.4, -0.2) is 36.4 Å². The summed E-state index contributed by atoms with van der Waals surface area (Å²) in [7, 11) is 0. The van der Waals surface area contributed by atoms with Gasteiger partial charge in [0.05, 0.1) is 11.2 Å². The largest absolute Gasteiger partial charge is 0.463 e. The summed E-state index contributed by atoms with van der Waals surface area (Å²) in [4.78, 5) is 24.7. The van der Waals surface area contributed by atoms with E-state index in [-0.39, 0.29) is 36.3 Å². The number of allylic oxidation sites excluding steroid dienone is 1. The number of esters is 2. The van der Waals surface area contributed by atoms with Crippen molar-refractivity contribution < 1.29 is 28.2 Å². The van der Waals surface area contributed by atoms with Gasteiger partial charge in [0, 0.05) is 21.5 Å². The molecule has 2 aromatic rings. The molecule has 0 spiro atoms. The number of rotatable bonds is 4. The molecular formula is C26H25BrO6. The Hall–Kier alpha value is -2.64.